The lowest BCUT2D eigenvalue weighted by atomic mass is 10.2. The Morgan fingerprint density at radius 3 is 2.56 bits per heavy atom. The zero-order valence-electron chi connectivity index (χ0n) is 10.1. The van der Waals surface area contributed by atoms with Crippen LogP contribution in [0.3, 0.4) is 0 Å². The second kappa shape index (κ2) is 6.48. The Morgan fingerprint density at radius 1 is 1.25 bits per heavy atom. The maximum atomic E-state index is 11.3. The van der Waals surface area contributed by atoms with E-state index in [0.29, 0.717) is 19.1 Å². The first-order valence-electron chi connectivity index (χ1n) is 5.99. The van der Waals surface area contributed by atoms with Gasteiger partial charge >= 0.3 is 11.8 Å². The Morgan fingerprint density at radius 2 is 1.94 bits per heavy atom. The molecule has 1 fully saturated rings. The fraction of sp³-hybridized carbons (Fsp3) is 0.818. The number of hydrogen-bond acceptors (Lipinski definition) is 3. The molecule has 5 nitrogen and oxygen atoms in total. The zero-order chi connectivity index (χ0) is 12.0. The van der Waals surface area contributed by atoms with Gasteiger partial charge in [-0.1, -0.05) is 6.92 Å². The lowest BCUT2D eigenvalue weighted by Crippen LogP contribution is -2.45. The molecule has 0 radical (unpaired) electrons. The van der Waals surface area contributed by atoms with Crippen molar-refractivity contribution in [3.63, 3.8) is 0 Å². The fourth-order valence-electron chi connectivity index (χ4n) is 2.07. The first kappa shape index (κ1) is 13.0. The van der Waals surface area contributed by atoms with Crippen LogP contribution in [0.25, 0.3) is 0 Å². The first-order chi connectivity index (χ1) is 7.69. The molecular formula is C11H21N3O2. The van der Waals surface area contributed by atoms with Crippen LogP contribution in [0.15, 0.2) is 0 Å². The Hall–Kier alpha value is -1.10. The van der Waals surface area contributed by atoms with Crippen LogP contribution in [0, 0.1) is 0 Å². The van der Waals surface area contributed by atoms with Gasteiger partial charge in [0.1, 0.15) is 0 Å². The van der Waals surface area contributed by atoms with Crippen LogP contribution in [-0.4, -0.2) is 48.9 Å². The van der Waals surface area contributed by atoms with E-state index >= 15 is 0 Å². The number of likely N-dealkylation sites (N-methyl/N-ethyl adjacent to an activating group) is 2. The van der Waals surface area contributed by atoms with Crippen molar-refractivity contribution in [2.24, 2.45) is 0 Å². The van der Waals surface area contributed by atoms with Crippen LogP contribution >= 0.6 is 0 Å². The molecule has 1 saturated heterocycles. The number of carbonyl (C=O) groups is 2. The first-order valence-corrected chi connectivity index (χ1v) is 5.99. The minimum atomic E-state index is -0.538. The van der Waals surface area contributed by atoms with Gasteiger partial charge in [-0.3, -0.25) is 14.5 Å². The highest BCUT2D eigenvalue weighted by atomic mass is 16.2. The van der Waals surface area contributed by atoms with Gasteiger partial charge in [0.05, 0.1) is 0 Å². The SMILES string of the molecule is CCNC(=O)C(=O)NC[C@H]1CCCN1CC. The van der Waals surface area contributed by atoms with E-state index in [1.807, 2.05) is 0 Å². The van der Waals surface area contributed by atoms with Gasteiger partial charge in [0.25, 0.3) is 0 Å². The highest BCUT2D eigenvalue weighted by Crippen LogP contribution is 2.15. The number of likely N-dealkylation sites (tertiary alicyclic amines) is 1. The van der Waals surface area contributed by atoms with Crippen molar-refractivity contribution in [3.05, 3.63) is 0 Å². The molecule has 1 aliphatic heterocycles. The van der Waals surface area contributed by atoms with Crippen molar-refractivity contribution in [2.45, 2.75) is 32.7 Å². The zero-order valence-corrected chi connectivity index (χ0v) is 10.1. The summed E-state index contributed by atoms with van der Waals surface area (Å²) < 4.78 is 0. The number of rotatable bonds is 4. The second-order valence-electron chi connectivity index (χ2n) is 3.99. The molecule has 16 heavy (non-hydrogen) atoms. The Labute approximate surface area is 96.6 Å². The predicted molar refractivity (Wildman–Crippen MR) is 62.0 cm³/mol. The topological polar surface area (TPSA) is 61.4 Å². The Balaban J connectivity index is 2.28. The lowest BCUT2D eigenvalue weighted by molar-refractivity contribution is -0.139. The number of hydrogen-bond donors (Lipinski definition) is 2. The maximum Gasteiger partial charge on any atom is 0.309 e. The summed E-state index contributed by atoms with van der Waals surface area (Å²) in [6, 6.07) is 0.392. The molecule has 0 aromatic rings. The molecule has 0 spiro atoms. The Kier molecular flexibility index (Phi) is 5.25. The third kappa shape index (κ3) is 3.48. The molecule has 0 aromatic carbocycles. The van der Waals surface area contributed by atoms with Crippen LogP contribution < -0.4 is 10.6 Å². The molecule has 5 heteroatoms. The minimum Gasteiger partial charge on any atom is -0.348 e. The van der Waals surface area contributed by atoms with E-state index in [9.17, 15) is 9.59 Å². The highest BCUT2D eigenvalue weighted by molar-refractivity contribution is 6.35. The number of nitrogens with one attached hydrogen (secondary N) is 2. The van der Waals surface area contributed by atoms with Gasteiger partial charge in [-0.2, -0.15) is 0 Å². The maximum absolute atomic E-state index is 11.3. The third-order valence-electron chi connectivity index (χ3n) is 2.95. The third-order valence-corrected chi connectivity index (χ3v) is 2.95. The van der Waals surface area contributed by atoms with Gasteiger partial charge in [0.2, 0.25) is 0 Å². The number of nitrogens with zero attached hydrogens (tertiary/aromatic N) is 1. The summed E-state index contributed by atoms with van der Waals surface area (Å²) in [6.07, 6.45) is 2.28. The number of amides is 2. The summed E-state index contributed by atoms with van der Waals surface area (Å²) >= 11 is 0. The average molecular weight is 227 g/mol. The summed E-state index contributed by atoms with van der Waals surface area (Å²) in [5, 5.41) is 5.16. The Bertz CT molecular complexity index is 256. The van der Waals surface area contributed by atoms with Crippen LogP contribution in [0.1, 0.15) is 26.7 Å². The van der Waals surface area contributed by atoms with Crippen molar-refractivity contribution in [2.75, 3.05) is 26.2 Å². The van der Waals surface area contributed by atoms with Crippen molar-refractivity contribution >= 4 is 11.8 Å². The molecule has 0 bridgehead atoms. The molecule has 0 unspecified atom stereocenters. The molecule has 1 aliphatic rings. The van der Waals surface area contributed by atoms with Crippen molar-refractivity contribution < 1.29 is 9.59 Å². The quantitative estimate of drug-likeness (QED) is 0.650. The summed E-state index contributed by atoms with van der Waals surface area (Å²) in [4.78, 5) is 24.8. The van der Waals surface area contributed by atoms with Crippen LogP contribution in [-0.2, 0) is 9.59 Å². The van der Waals surface area contributed by atoms with Crippen LogP contribution in [0.2, 0.25) is 0 Å². The van der Waals surface area contributed by atoms with E-state index in [2.05, 4.69) is 22.5 Å². The van der Waals surface area contributed by atoms with Crippen molar-refractivity contribution in [1.82, 2.24) is 15.5 Å². The van der Waals surface area contributed by atoms with Gasteiger partial charge in [0.15, 0.2) is 0 Å². The molecule has 1 atom stereocenters. The van der Waals surface area contributed by atoms with E-state index in [4.69, 9.17) is 0 Å². The van der Waals surface area contributed by atoms with E-state index in [0.717, 1.165) is 19.5 Å². The molecule has 92 valence electrons. The standard InChI is InChI=1S/C11H21N3O2/c1-3-12-10(15)11(16)13-8-9-6-5-7-14(9)4-2/h9H,3-8H2,1-2H3,(H,12,15)(H,13,16)/t9-/m1/s1. The van der Waals surface area contributed by atoms with E-state index in [-0.39, 0.29) is 0 Å². The van der Waals surface area contributed by atoms with Crippen molar-refractivity contribution in [1.29, 1.82) is 0 Å². The van der Waals surface area contributed by atoms with E-state index in [1.165, 1.54) is 6.42 Å². The highest BCUT2D eigenvalue weighted by Gasteiger charge is 2.24. The van der Waals surface area contributed by atoms with Crippen molar-refractivity contribution in [3.8, 4) is 0 Å². The number of carbonyl (C=O) groups excluding carboxylic acids is 2. The lowest BCUT2D eigenvalue weighted by Gasteiger charge is -2.22. The summed E-state index contributed by atoms with van der Waals surface area (Å²) in [5.41, 5.74) is 0. The van der Waals surface area contributed by atoms with E-state index < -0.39 is 11.8 Å². The van der Waals surface area contributed by atoms with Gasteiger partial charge in [0, 0.05) is 19.1 Å². The van der Waals surface area contributed by atoms with Gasteiger partial charge in [-0.05, 0) is 32.9 Å². The molecule has 0 aliphatic carbocycles. The molecule has 2 amide bonds. The van der Waals surface area contributed by atoms with Crippen LogP contribution in [0.5, 0.6) is 0 Å². The molecule has 1 heterocycles. The predicted octanol–water partition coefficient (Wildman–Crippen LogP) is -0.277. The monoisotopic (exact) mass is 227 g/mol. The summed E-state index contributed by atoms with van der Waals surface area (Å²) in [7, 11) is 0. The smallest absolute Gasteiger partial charge is 0.309 e. The molecule has 0 aromatic heterocycles. The van der Waals surface area contributed by atoms with Crippen LogP contribution in [0.4, 0.5) is 0 Å². The minimum absolute atomic E-state index is 0.392. The van der Waals surface area contributed by atoms with Gasteiger partial charge in [-0.25, -0.2) is 0 Å². The molecule has 0 saturated carbocycles. The average Bonchev–Trinajstić information content (AvgIpc) is 2.73. The normalized spacial score (nSPS) is 20.8. The molecular weight excluding hydrogens is 206 g/mol. The van der Waals surface area contributed by atoms with Gasteiger partial charge < -0.3 is 10.6 Å². The van der Waals surface area contributed by atoms with E-state index in [1.54, 1.807) is 6.92 Å². The largest absolute Gasteiger partial charge is 0.348 e. The fourth-order valence-corrected chi connectivity index (χ4v) is 2.07. The summed E-state index contributed by atoms with van der Waals surface area (Å²) in [6.45, 7) is 7.06. The van der Waals surface area contributed by atoms with Gasteiger partial charge in [-0.15, -0.1) is 0 Å². The molecule has 1 rings (SSSR count). The molecule has 2 N–H and O–H groups in total. The summed E-state index contributed by atoms with van der Waals surface area (Å²) in [5.74, 6) is -1.06. The second-order valence-corrected chi connectivity index (χ2v) is 3.99.